The van der Waals surface area contributed by atoms with Crippen molar-refractivity contribution in [2.45, 2.75) is 27.7 Å². The molecule has 0 aliphatic rings. The van der Waals surface area contributed by atoms with Crippen molar-refractivity contribution in [3.8, 4) is 5.75 Å². The lowest BCUT2D eigenvalue weighted by atomic mass is 9.91. The van der Waals surface area contributed by atoms with Crippen LogP contribution in [-0.2, 0) is 9.59 Å². The van der Waals surface area contributed by atoms with Crippen LogP contribution in [0.4, 0.5) is 5.69 Å². The van der Waals surface area contributed by atoms with Gasteiger partial charge in [0.25, 0.3) is 0 Å². The van der Waals surface area contributed by atoms with Gasteiger partial charge in [0.15, 0.2) is 5.78 Å². The Bertz CT molecular complexity index is 447. The molecule has 0 heterocycles. The number of hydrogen-bond acceptors (Lipinski definition) is 3. The van der Waals surface area contributed by atoms with Gasteiger partial charge in [-0.3, -0.25) is 9.59 Å². The highest BCUT2D eigenvalue weighted by atomic mass is 16.5. The maximum absolute atomic E-state index is 11.8. The van der Waals surface area contributed by atoms with Gasteiger partial charge in [0.1, 0.15) is 12.4 Å². The molecule has 0 bridgehead atoms. The molecular weight excluding hydrogens is 230 g/mol. The number of anilines is 1. The van der Waals surface area contributed by atoms with Crippen molar-refractivity contribution in [1.82, 2.24) is 0 Å². The maximum atomic E-state index is 11.8. The number of rotatable bonds is 4. The molecule has 4 nitrogen and oxygen atoms in total. The summed E-state index contributed by atoms with van der Waals surface area (Å²) >= 11 is 0. The van der Waals surface area contributed by atoms with Crippen LogP contribution in [0.1, 0.15) is 27.7 Å². The minimum Gasteiger partial charge on any atom is -0.484 e. The van der Waals surface area contributed by atoms with Gasteiger partial charge in [-0.15, -0.1) is 0 Å². The quantitative estimate of drug-likeness (QED) is 0.892. The van der Waals surface area contributed by atoms with Crippen LogP contribution in [0.15, 0.2) is 24.3 Å². The number of carbonyl (C=O) groups is 2. The molecule has 1 aromatic rings. The average molecular weight is 249 g/mol. The van der Waals surface area contributed by atoms with Gasteiger partial charge in [-0.25, -0.2) is 0 Å². The third-order valence-corrected chi connectivity index (χ3v) is 2.39. The summed E-state index contributed by atoms with van der Waals surface area (Å²) in [7, 11) is 0. The van der Waals surface area contributed by atoms with Gasteiger partial charge < -0.3 is 10.1 Å². The smallest absolute Gasteiger partial charge is 0.221 e. The van der Waals surface area contributed by atoms with Crippen molar-refractivity contribution in [2.75, 3.05) is 11.9 Å². The van der Waals surface area contributed by atoms with E-state index >= 15 is 0 Å². The summed E-state index contributed by atoms with van der Waals surface area (Å²) in [5.74, 6) is 0.346. The van der Waals surface area contributed by atoms with Gasteiger partial charge in [-0.2, -0.15) is 0 Å². The number of ketones is 1. The summed E-state index contributed by atoms with van der Waals surface area (Å²) < 4.78 is 5.46. The monoisotopic (exact) mass is 249 g/mol. The first-order chi connectivity index (χ1) is 8.30. The fourth-order valence-electron chi connectivity index (χ4n) is 1.25. The molecule has 1 amide bonds. The first-order valence-corrected chi connectivity index (χ1v) is 5.83. The molecule has 1 rings (SSSR count). The van der Waals surface area contributed by atoms with Gasteiger partial charge in [0.2, 0.25) is 5.91 Å². The number of benzene rings is 1. The number of hydrogen-bond donors (Lipinski definition) is 1. The Kier molecular flexibility index (Phi) is 4.48. The fourth-order valence-corrected chi connectivity index (χ4v) is 1.25. The molecule has 0 radical (unpaired) electrons. The summed E-state index contributed by atoms with van der Waals surface area (Å²) in [6.45, 7) is 6.96. The molecule has 0 saturated heterocycles. The molecule has 0 saturated carbocycles. The lowest BCUT2D eigenvalue weighted by Crippen LogP contribution is -2.26. The molecule has 0 spiro atoms. The zero-order valence-electron chi connectivity index (χ0n) is 11.2. The highest BCUT2D eigenvalue weighted by molar-refractivity contribution is 5.90. The predicted octanol–water partition coefficient (Wildman–Crippen LogP) is 2.64. The van der Waals surface area contributed by atoms with Crippen LogP contribution >= 0.6 is 0 Å². The molecule has 0 fully saturated rings. The van der Waals surface area contributed by atoms with E-state index in [0.717, 1.165) is 0 Å². The van der Waals surface area contributed by atoms with E-state index in [-0.39, 0.29) is 18.3 Å². The molecular formula is C14H19NO3. The summed E-state index contributed by atoms with van der Waals surface area (Å²) in [5.41, 5.74) is 0.148. The van der Waals surface area contributed by atoms with Crippen molar-refractivity contribution in [1.29, 1.82) is 0 Å². The van der Waals surface area contributed by atoms with E-state index in [9.17, 15) is 9.59 Å². The van der Waals surface area contributed by atoms with E-state index in [4.69, 9.17) is 4.74 Å². The number of carbonyl (C=O) groups excluding carboxylic acids is 2. The van der Waals surface area contributed by atoms with Gasteiger partial charge in [-0.1, -0.05) is 32.9 Å². The molecule has 0 aliphatic carbocycles. The number of Topliss-reactive ketones (excluding diaryl/α,β-unsaturated/α-hetero) is 1. The first kappa shape index (κ1) is 14.2. The Morgan fingerprint density at radius 1 is 1.22 bits per heavy atom. The zero-order chi connectivity index (χ0) is 13.8. The second kappa shape index (κ2) is 5.67. The first-order valence-electron chi connectivity index (χ1n) is 5.83. The Labute approximate surface area is 107 Å². The van der Waals surface area contributed by atoms with Crippen molar-refractivity contribution in [3.63, 3.8) is 0 Å². The molecule has 1 N–H and O–H groups in total. The summed E-state index contributed by atoms with van der Waals surface area (Å²) in [6.07, 6.45) is 0. The van der Waals surface area contributed by atoms with E-state index in [1.165, 1.54) is 6.92 Å². The number of nitrogens with one attached hydrogen (secondary N) is 1. The Morgan fingerprint density at radius 3 is 2.39 bits per heavy atom. The highest BCUT2D eigenvalue weighted by Gasteiger charge is 2.21. The largest absolute Gasteiger partial charge is 0.484 e. The van der Waals surface area contributed by atoms with Crippen LogP contribution in [0.2, 0.25) is 0 Å². The zero-order valence-corrected chi connectivity index (χ0v) is 11.2. The Morgan fingerprint density at radius 2 is 1.83 bits per heavy atom. The lowest BCUT2D eigenvalue weighted by Gasteiger charge is -2.17. The van der Waals surface area contributed by atoms with E-state index in [2.05, 4.69) is 5.32 Å². The van der Waals surface area contributed by atoms with Crippen molar-refractivity contribution >= 4 is 17.4 Å². The van der Waals surface area contributed by atoms with Gasteiger partial charge in [0, 0.05) is 12.3 Å². The predicted molar refractivity (Wildman–Crippen MR) is 70.7 cm³/mol. The van der Waals surface area contributed by atoms with Crippen LogP contribution in [-0.4, -0.2) is 18.3 Å². The molecule has 0 aromatic heterocycles. The second-order valence-corrected chi connectivity index (χ2v) is 5.14. The molecule has 18 heavy (non-hydrogen) atoms. The number of amides is 1. The topological polar surface area (TPSA) is 55.4 Å². The van der Waals surface area contributed by atoms with Crippen LogP contribution in [0.5, 0.6) is 5.75 Å². The van der Waals surface area contributed by atoms with Crippen LogP contribution in [0.3, 0.4) is 0 Å². The normalized spacial score (nSPS) is 10.9. The SMILES string of the molecule is CC(=O)Nc1ccccc1OCC(=O)C(C)(C)C. The Balaban J connectivity index is 2.73. The van der Waals surface area contributed by atoms with Crippen molar-refractivity contribution in [3.05, 3.63) is 24.3 Å². The lowest BCUT2D eigenvalue weighted by molar-refractivity contribution is -0.128. The molecule has 0 aliphatic heterocycles. The molecule has 0 unspecified atom stereocenters. The third-order valence-electron chi connectivity index (χ3n) is 2.39. The van der Waals surface area contributed by atoms with Crippen molar-refractivity contribution < 1.29 is 14.3 Å². The fraction of sp³-hybridized carbons (Fsp3) is 0.429. The number of ether oxygens (including phenoxy) is 1. The third kappa shape index (κ3) is 4.20. The molecule has 1 aromatic carbocycles. The second-order valence-electron chi connectivity index (χ2n) is 5.14. The van der Waals surface area contributed by atoms with E-state index in [0.29, 0.717) is 11.4 Å². The van der Waals surface area contributed by atoms with Crippen molar-refractivity contribution in [2.24, 2.45) is 5.41 Å². The van der Waals surface area contributed by atoms with E-state index < -0.39 is 5.41 Å². The van der Waals surface area contributed by atoms with Gasteiger partial charge in [0.05, 0.1) is 5.69 Å². The van der Waals surface area contributed by atoms with Gasteiger partial charge in [-0.05, 0) is 12.1 Å². The van der Waals surface area contributed by atoms with Crippen LogP contribution in [0, 0.1) is 5.41 Å². The number of para-hydroxylation sites is 2. The molecule has 98 valence electrons. The van der Waals surface area contributed by atoms with Gasteiger partial charge >= 0.3 is 0 Å². The van der Waals surface area contributed by atoms with Crippen LogP contribution in [0.25, 0.3) is 0 Å². The Hall–Kier alpha value is -1.84. The van der Waals surface area contributed by atoms with E-state index in [1.807, 2.05) is 20.8 Å². The maximum Gasteiger partial charge on any atom is 0.221 e. The minimum atomic E-state index is -0.428. The standard InChI is InChI=1S/C14H19NO3/c1-10(16)15-11-7-5-6-8-12(11)18-9-13(17)14(2,3)4/h5-8H,9H2,1-4H3,(H,15,16). The highest BCUT2D eigenvalue weighted by Crippen LogP contribution is 2.24. The average Bonchev–Trinajstić information content (AvgIpc) is 2.25. The minimum absolute atomic E-state index is 0.0000973. The molecule has 4 heteroatoms. The van der Waals surface area contributed by atoms with Crippen LogP contribution < -0.4 is 10.1 Å². The summed E-state index contributed by atoms with van der Waals surface area (Å²) in [5, 5.41) is 2.66. The van der Waals surface area contributed by atoms with E-state index in [1.54, 1.807) is 24.3 Å². The summed E-state index contributed by atoms with van der Waals surface area (Å²) in [6, 6.07) is 7.05. The summed E-state index contributed by atoms with van der Waals surface area (Å²) in [4.78, 5) is 22.8. The molecule has 0 atom stereocenters.